The van der Waals surface area contributed by atoms with Gasteiger partial charge in [-0.25, -0.2) is 9.69 Å². The molecule has 0 spiro atoms. The number of likely N-dealkylation sites (tertiary alicyclic amines) is 1. The van der Waals surface area contributed by atoms with Crippen molar-refractivity contribution in [3.8, 4) is 0 Å². The molecule has 5 rings (SSSR count). The lowest BCUT2D eigenvalue weighted by atomic mass is 9.90. The number of benzene rings is 1. The van der Waals surface area contributed by atoms with Gasteiger partial charge in [0.1, 0.15) is 5.54 Å². The van der Waals surface area contributed by atoms with E-state index in [-0.39, 0.29) is 11.9 Å². The number of hydrogen-bond donors (Lipinski definition) is 1. The third-order valence-electron chi connectivity index (χ3n) is 6.51. The average Bonchev–Trinajstić information content (AvgIpc) is 3.47. The van der Waals surface area contributed by atoms with Crippen LogP contribution in [0.5, 0.6) is 0 Å². The molecule has 3 aliphatic rings. The third kappa shape index (κ3) is 2.78. The summed E-state index contributed by atoms with van der Waals surface area (Å²) in [5.41, 5.74) is 2.60. The summed E-state index contributed by atoms with van der Waals surface area (Å²) in [7, 11) is 0. The van der Waals surface area contributed by atoms with E-state index in [1.54, 1.807) is 11.3 Å². The van der Waals surface area contributed by atoms with E-state index < -0.39 is 5.54 Å². The standard InChI is InChI=1S/C22H25N3O2S/c1-22(17-10-9-15-5-2-6-16(15)13-17)20(26)25(21(27)23-22)14-24-11-3-7-18(24)19-8-4-12-28-19/h4,8-10,12-13,18H,2-3,5-7,11,14H2,1H3,(H,23,27). The number of urea groups is 1. The second-order valence-corrected chi connectivity index (χ2v) is 9.23. The topological polar surface area (TPSA) is 52.7 Å². The van der Waals surface area contributed by atoms with Gasteiger partial charge in [-0.15, -0.1) is 11.3 Å². The molecule has 28 heavy (non-hydrogen) atoms. The highest BCUT2D eigenvalue weighted by atomic mass is 32.1. The predicted molar refractivity (Wildman–Crippen MR) is 109 cm³/mol. The minimum absolute atomic E-state index is 0.146. The van der Waals surface area contributed by atoms with Crippen LogP contribution in [-0.4, -0.2) is 35.0 Å². The first-order chi connectivity index (χ1) is 13.6. The molecule has 2 unspecified atom stereocenters. The number of aryl methyl sites for hydroxylation is 2. The Morgan fingerprint density at radius 1 is 1.18 bits per heavy atom. The van der Waals surface area contributed by atoms with Crippen LogP contribution in [-0.2, 0) is 23.2 Å². The van der Waals surface area contributed by atoms with Crippen molar-refractivity contribution >= 4 is 23.3 Å². The first-order valence-corrected chi connectivity index (χ1v) is 11.0. The Bertz CT molecular complexity index is 926. The Morgan fingerprint density at radius 3 is 2.86 bits per heavy atom. The van der Waals surface area contributed by atoms with Gasteiger partial charge in [0.25, 0.3) is 5.91 Å². The van der Waals surface area contributed by atoms with Crippen LogP contribution in [0, 0.1) is 0 Å². The minimum Gasteiger partial charge on any atom is -0.319 e. The van der Waals surface area contributed by atoms with Crippen LogP contribution in [0.15, 0.2) is 35.7 Å². The van der Waals surface area contributed by atoms with Crippen molar-refractivity contribution in [2.24, 2.45) is 0 Å². The molecule has 1 aromatic carbocycles. The highest BCUT2D eigenvalue weighted by Gasteiger charge is 2.50. The Morgan fingerprint density at radius 2 is 2.04 bits per heavy atom. The molecule has 0 saturated carbocycles. The number of hydrogen-bond acceptors (Lipinski definition) is 4. The quantitative estimate of drug-likeness (QED) is 0.801. The van der Waals surface area contributed by atoms with E-state index in [2.05, 4.69) is 39.9 Å². The van der Waals surface area contributed by atoms with Gasteiger partial charge in [0.15, 0.2) is 0 Å². The van der Waals surface area contributed by atoms with E-state index in [9.17, 15) is 9.59 Å². The number of nitrogens with zero attached hydrogens (tertiary/aromatic N) is 2. The Balaban J connectivity index is 1.38. The van der Waals surface area contributed by atoms with E-state index in [0.717, 1.165) is 37.8 Å². The number of thiophene rings is 1. The highest BCUT2D eigenvalue weighted by Crippen LogP contribution is 2.37. The van der Waals surface area contributed by atoms with Crippen molar-refractivity contribution in [2.75, 3.05) is 13.2 Å². The normalized spacial score (nSPS) is 27.5. The molecule has 2 aliphatic heterocycles. The van der Waals surface area contributed by atoms with E-state index in [4.69, 9.17) is 0 Å². The zero-order chi connectivity index (χ0) is 19.3. The molecule has 0 bridgehead atoms. The van der Waals surface area contributed by atoms with Crippen LogP contribution >= 0.6 is 11.3 Å². The number of imide groups is 1. The summed E-state index contributed by atoms with van der Waals surface area (Å²) in [5.74, 6) is -0.146. The summed E-state index contributed by atoms with van der Waals surface area (Å²) in [6, 6.07) is 10.5. The largest absolute Gasteiger partial charge is 0.326 e. The Labute approximate surface area is 169 Å². The van der Waals surface area contributed by atoms with Gasteiger partial charge in [-0.05, 0) is 67.2 Å². The molecule has 0 radical (unpaired) electrons. The molecule has 6 heteroatoms. The average molecular weight is 396 g/mol. The summed E-state index contributed by atoms with van der Waals surface area (Å²) < 4.78 is 0. The van der Waals surface area contributed by atoms with Gasteiger partial charge in [-0.3, -0.25) is 9.69 Å². The first-order valence-electron chi connectivity index (χ1n) is 10.1. The minimum atomic E-state index is -0.979. The second-order valence-electron chi connectivity index (χ2n) is 8.25. The molecule has 1 aromatic heterocycles. The molecule has 3 heterocycles. The van der Waals surface area contributed by atoms with Gasteiger partial charge in [0.05, 0.1) is 6.67 Å². The van der Waals surface area contributed by atoms with Gasteiger partial charge in [-0.1, -0.05) is 24.3 Å². The number of amides is 3. The fourth-order valence-corrected chi connectivity index (χ4v) is 5.78. The molecule has 2 saturated heterocycles. The van der Waals surface area contributed by atoms with Gasteiger partial charge in [-0.2, -0.15) is 0 Å². The van der Waals surface area contributed by atoms with E-state index in [1.807, 2.05) is 13.0 Å². The SMILES string of the molecule is CC1(c2ccc3c(c2)CCC3)NC(=O)N(CN2CCCC2c2cccs2)C1=O. The molecule has 3 amide bonds. The highest BCUT2D eigenvalue weighted by molar-refractivity contribution is 7.10. The summed E-state index contributed by atoms with van der Waals surface area (Å²) in [6.45, 7) is 3.10. The van der Waals surface area contributed by atoms with Gasteiger partial charge in [0.2, 0.25) is 0 Å². The Kier molecular flexibility index (Phi) is 4.29. The summed E-state index contributed by atoms with van der Waals surface area (Å²) in [5, 5.41) is 5.06. The van der Waals surface area contributed by atoms with Crippen LogP contribution in [0.3, 0.4) is 0 Å². The van der Waals surface area contributed by atoms with Gasteiger partial charge in [0, 0.05) is 17.5 Å². The third-order valence-corrected chi connectivity index (χ3v) is 7.48. The summed E-state index contributed by atoms with van der Waals surface area (Å²) >= 11 is 1.75. The number of nitrogens with one attached hydrogen (secondary N) is 1. The fourth-order valence-electron chi connectivity index (χ4n) is 4.88. The van der Waals surface area contributed by atoms with E-state index in [0.29, 0.717) is 12.7 Å². The van der Waals surface area contributed by atoms with E-state index in [1.165, 1.54) is 27.3 Å². The van der Waals surface area contributed by atoms with Crippen LogP contribution in [0.1, 0.15) is 53.8 Å². The zero-order valence-corrected chi connectivity index (χ0v) is 16.9. The molecule has 146 valence electrons. The van der Waals surface area contributed by atoms with Crippen molar-refractivity contribution < 1.29 is 9.59 Å². The number of fused-ring (bicyclic) bond motifs is 1. The van der Waals surface area contributed by atoms with Crippen molar-refractivity contribution in [2.45, 2.75) is 50.6 Å². The number of carbonyl (C=O) groups is 2. The smallest absolute Gasteiger partial charge is 0.319 e. The molecule has 2 aromatic rings. The van der Waals surface area contributed by atoms with Crippen molar-refractivity contribution in [1.29, 1.82) is 0 Å². The van der Waals surface area contributed by atoms with Crippen LogP contribution in [0.25, 0.3) is 0 Å². The predicted octanol–water partition coefficient (Wildman–Crippen LogP) is 3.80. The maximum atomic E-state index is 13.3. The van der Waals surface area contributed by atoms with Crippen LogP contribution < -0.4 is 5.32 Å². The maximum Gasteiger partial charge on any atom is 0.326 e. The van der Waals surface area contributed by atoms with Crippen LogP contribution in [0.2, 0.25) is 0 Å². The second kappa shape index (κ2) is 6.71. The molecule has 5 nitrogen and oxygen atoms in total. The zero-order valence-electron chi connectivity index (χ0n) is 16.1. The molecule has 1 aliphatic carbocycles. The molecular formula is C22H25N3O2S. The molecule has 2 fully saturated rings. The number of rotatable bonds is 4. The number of carbonyl (C=O) groups excluding carboxylic acids is 2. The lowest BCUT2D eigenvalue weighted by molar-refractivity contribution is -0.132. The lowest BCUT2D eigenvalue weighted by Gasteiger charge is -2.28. The van der Waals surface area contributed by atoms with Crippen molar-refractivity contribution in [3.63, 3.8) is 0 Å². The molecule has 2 atom stereocenters. The monoisotopic (exact) mass is 395 g/mol. The summed E-state index contributed by atoms with van der Waals surface area (Å²) in [4.78, 5) is 31.1. The van der Waals surface area contributed by atoms with Gasteiger partial charge < -0.3 is 5.32 Å². The van der Waals surface area contributed by atoms with Gasteiger partial charge >= 0.3 is 6.03 Å². The molecular weight excluding hydrogens is 370 g/mol. The fraction of sp³-hybridized carbons (Fsp3) is 0.455. The Hall–Kier alpha value is -2.18. The first kappa shape index (κ1) is 17.9. The molecule has 1 N–H and O–H groups in total. The van der Waals surface area contributed by atoms with Crippen molar-refractivity contribution in [3.05, 3.63) is 57.3 Å². The van der Waals surface area contributed by atoms with E-state index >= 15 is 0 Å². The lowest BCUT2D eigenvalue weighted by Crippen LogP contribution is -2.43. The van der Waals surface area contributed by atoms with Crippen LogP contribution in [0.4, 0.5) is 4.79 Å². The maximum absolute atomic E-state index is 13.3. The summed E-state index contributed by atoms with van der Waals surface area (Å²) in [6.07, 6.45) is 5.50. The van der Waals surface area contributed by atoms with Crippen molar-refractivity contribution in [1.82, 2.24) is 15.1 Å².